The number of aryl methyl sites for hydroxylation is 1. The molecule has 25 heavy (non-hydrogen) atoms. The number of aromatic nitrogens is 1. The van der Waals surface area contributed by atoms with E-state index in [9.17, 15) is 5.26 Å². The first-order chi connectivity index (χ1) is 12.1. The van der Waals surface area contributed by atoms with Crippen LogP contribution in [-0.4, -0.2) is 11.7 Å². The number of nitriles is 1. The molecule has 5 heteroatoms. The number of hydrogen-bond acceptors (Lipinski definition) is 4. The summed E-state index contributed by atoms with van der Waals surface area (Å²) in [5.41, 5.74) is 9.24. The number of nitrogens with two attached hydrogens (primary N) is 1. The molecule has 2 N–H and O–H groups in total. The van der Waals surface area contributed by atoms with Crippen LogP contribution in [-0.2, 0) is 6.54 Å². The number of nitrogen functional groups attached to an aromatic ring is 1. The van der Waals surface area contributed by atoms with Gasteiger partial charge in [0.05, 0.1) is 19.3 Å². The van der Waals surface area contributed by atoms with Gasteiger partial charge in [-0.15, -0.1) is 0 Å². The molecule has 1 aromatic heterocycles. The number of rotatable bonds is 5. The van der Waals surface area contributed by atoms with Crippen molar-refractivity contribution in [2.24, 2.45) is 0 Å². The van der Waals surface area contributed by atoms with Crippen molar-refractivity contribution in [3.05, 3.63) is 71.4 Å². The van der Waals surface area contributed by atoms with Crippen LogP contribution in [0.5, 0.6) is 17.4 Å². The van der Waals surface area contributed by atoms with Crippen molar-refractivity contribution in [2.75, 3.05) is 12.8 Å². The van der Waals surface area contributed by atoms with Crippen molar-refractivity contribution in [3.63, 3.8) is 0 Å². The molecule has 5 nitrogen and oxygen atoms in total. The van der Waals surface area contributed by atoms with Crippen molar-refractivity contribution in [1.82, 2.24) is 4.57 Å². The maximum Gasteiger partial charge on any atom is 0.224 e. The largest absolute Gasteiger partial charge is 0.497 e. The van der Waals surface area contributed by atoms with Crippen molar-refractivity contribution in [1.29, 1.82) is 5.26 Å². The van der Waals surface area contributed by atoms with Gasteiger partial charge in [-0.05, 0) is 42.3 Å². The normalized spacial score (nSPS) is 10.3. The molecule has 0 saturated carbocycles. The predicted octanol–water partition coefficient (Wildman–Crippen LogP) is 4.10. The van der Waals surface area contributed by atoms with Crippen molar-refractivity contribution in [2.45, 2.75) is 13.5 Å². The highest BCUT2D eigenvalue weighted by atomic mass is 16.5. The highest BCUT2D eigenvalue weighted by Crippen LogP contribution is 2.32. The first-order valence-electron chi connectivity index (χ1n) is 7.88. The van der Waals surface area contributed by atoms with Crippen LogP contribution in [0.15, 0.2) is 54.6 Å². The van der Waals surface area contributed by atoms with Crippen LogP contribution in [0.2, 0.25) is 0 Å². The Morgan fingerprint density at radius 2 is 1.76 bits per heavy atom. The molecular weight excluding hydrogens is 314 g/mol. The third-order valence-electron chi connectivity index (χ3n) is 4.05. The molecule has 0 aliphatic heterocycles. The van der Waals surface area contributed by atoms with Gasteiger partial charge in [0, 0.05) is 6.07 Å². The van der Waals surface area contributed by atoms with Gasteiger partial charge in [0.2, 0.25) is 5.88 Å². The minimum atomic E-state index is 0.431. The zero-order chi connectivity index (χ0) is 17.8. The van der Waals surface area contributed by atoms with Gasteiger partial charge in [-0.3, -0.25) is 4.57 Å². The van der Waals surface area contributed by atoms with E-state index < -0.39 is 0 Å². The number of benzene rings is 2. The third-order valence-corrected chi connectivity index (χ3v) is 4.05. The quantitative estimate of drug-likeness (QED) is 0.763. The lowest BCUT2D eigenvalue weighted by atomic mass is 10.1. The van der Waals surface area contributed by atoms with E-state index in [2.05, 4.69) is 6.07 Å². The molecule has 0 bridgehead atoms. The fourth-order valence-corrected chi connectivity index (χ4v) is 2.63. The van der Waals surface area contributed by atoms with Crippen LogP contribution in [0.25, 0.3) is 0 Å². The second kappa shape index (κ2) is 7.02. The van der Waals surface area contributed by atoms with Gasteiger partial charge < -0.3 is 15.2 Å². The Morgan fingerprint density at radius 3 is 2.40 bits per heavy atom. The first kappa shape index (κ1) is 16.5. The van der Waals surface area contributed by atoms with Crippen LogP contribution < -0.4 is 15.2 Å². The summed E-state index contributed by atoms with van der Waals surface area (Å²) < 4.78 is 12.9. The van der Waals surface area contributed by atoms with Gasteiger partial charge >= 0.3 is 0 Å². The Balaban J connectivity index is 1.97. The van der Waals surface area contributed by atoms with E-state index in [1.807, 2.05) is 43.3 Å². The molecular formula is C20H19N3O2. The van der Waals surface area contributed by atoms with Gasteiger partial charge in [-0.1, -0.05) is 24.3 Å². The summed E-state index contributed by atoms with van der Waals surface area (Å²) in [4.78, 5) is 0. The molecule has 1 heterocycles. The maximum atomic E-state index is 9.44. The second-order valence-electron chi connectivity index (χ2n) is 5.69. The van der Waals surface area contributed by atoms with E-state index in [1.165, 1.54) is 0 Å². The fourth-order valence-electron chi connectivity index (χ4n) is 2.63. The van der Waals surface area contributed by atoms with Crippen LogP contribution >= 0.6 is 0 Å². The Morgan fingerprint density at radius 1 is 1.08 bits per heavy atom. The molecule has 0 atom stereocenters. The molecule has 0 aliphatic carbocycles. The molecule has 3 rings (SSSR count). The number of methoxy groups -OCH3 is 1. The Labute approximate surface area is 146 Å². The summed E-state index contributed by atoms with van der Waals surface area (Å²) in [5.74, 6) is 1.83. The number of hydrogen-bond donors (Lipinski definition) is 1. The molecule has 0 radical (unpaired) electrons. The van der Waals surface area contributed by atoms with Gasteiger partial charge in [0.1, 0.15) is 23.3 Å². The number of ether oxygens (including phenoxy) is 2. The Kier molecular flexibility index (Phi) is 4.62. The van der Waals surface area contributed by atoms with Gasteiger partial charge in [0.15, 0.2) is 0 Å². The zero-order valence-electron chi connectivity index (χ0n) is 14.2. The standard InChI is InChI=1S/C20H19N3O2/c1-14-5-3-4-6-15(14)13-23-16(12-21)11-19(22)20(23)25-18-9-7-17(24-2)8-10-18/h3-11H,13,22H2,1-2H3. The number of nitrogens with zero attached hydrogens (tertiary/aromatic N) is 2. The van der Waals surface area contributed by atoms with Gasteiger partial charge in [0.25, 0.3) is 0 Å². The van der Waals surface area contributed by atoms with E-state index in [0.29, 0.717) is 29.6 Å². The van der Waals surface area contributed by atoms with Crippen molar-refractivity contribution >= 4 is 5.69 Å². The number of anilines is 1. The average molecular weight is 333 g/mol. The molecule has 0 fully saturated rings. The van der Waals surface area contributed by atoms with Gasteiger partial charge in [-0.2, -0.15) is 5.26 Å². The van der Waals surface area contributed by atoms with Crippen LogP contribution in [0.1, 0.15) is 16.8 Å². The Hall–Kier alpha value is -3.39. The van der Waals surface area contributed by atoms with E-state index in [-0.39, 0.29) is 0 Å². The highest BCUT2D eigenvalue weighted by molar-refractivity contribution is 5.57. The minimum Gasteiger partial charge on any atom is -0.497 e. The smallest absolute Gasteiger partial charge is 0.224 e. The minimum absolute atomic E-state index is 0.431. The summed E-state index contributed by atoms with van der Waals surface area (Å²) in [6.45, 7) is 2.55. The van der Waals surface area contributed by atoms with E-state index in [0.717, 1.165) is 16.9 Å². The van der Waals surface area contributed by atoms with E-state index in [4.69, 9.17) is 15.2 Å². The summed E-state index contributed by atoms with van der Waals surface area (Å²) in [6, 6.07) is 19.1. The summed E-state index contributed by atoms with van der Waals surface area (Å²) in [7, 11) is 1.61. The van der Waals surface area contributed by atoms with Crippen LogP contribution in [0, 0.1) is 18.3 Å². The third kappa shape index (κ3) is 3.43. The van der Waals surface area contributed by atoms with Crippen molar-refractivity contribution < 1.29 is 9.47 Å². The first-order valence-corrected chi connectivity index (χ1v) is 7.88. The monoisotopic (exact) mass is 333 g/mol. The van der Waals surface area contributed by atoms with E-state index >= 15 is 0 Å². The lowest BCUT2D eigenvalue weighted by Crippen LogP contribution is -2.06. The van der Waals surface area contributed by atoms with Gasteiger partial charge in [-0.25, -0.2) is 0 Å². The van der Waals surface area contributed by atoms with Crippen LogP contribution in [0.4, 0.5) is 5.69 Å². The molecule has 0 amide bonds. The highest BCUT2D eigenvalue weighted by Gasteiger charge is 2.16. The molecule has 0 spiro atoms. The lowest BCUT2D eigenvalue weighted by Gasteiger charge is -2.14. The molecule has 3 aromatic rings. The summed E-state index contributed by atoms with van der Waals surface area (Å²) in [5, 5.41) is 9.44. The Bertz CT molecular complexity index is 921. The van der Waals surface area contributed by atoms with Crippen molar-refractivity contribution in [3.8, 4) is 23.4 Å². The summed E-state index contributed by atoms with van der Waals surface area (Å²) >= 11 is 0. The molecule has 0 saturated heterocycles. The molecule has 126 valence electrons. The predicted molar refractivity (Wildman–Crippen MR) is 96.9 cm³/mol. The zero-order valence-corrected chi connectivity index (χ0v) is 14.2. The molecule has 2 aromatic carbocycles. The average Bonchev–Trinajstić information content (AvgIpc) is 2.93. The SMILES string of the molecule is COc1ccc(Oc2c(N)cc(C#N)n2Cc2ccccc2C)cc1. The second-order valence-corrected chi connectivity index (χ2v) is 5.69. The van der Waals surface area contributed by atoms with E-state index in [1.54, 1.807) is 29.9 Å². The van der Waals surface area contributed by atoms with Crippen LogP contribution in [0.3, 0.4) is 0 Å². The topological polar surface area (TPSA) is 73.2 Å². The summed E-state index contributed by atoms with van der Waals surface area (Å²) in [6.07, 6.45) is 0. The molecule has 0 aliphatic rings. The maximum absolute atomic E-state index is 9.44. The lowest BCUT2D eigenvalue weighted by molar-refractivity contribution is 0.410. The fraction of sp³-hybridized carbons (Fsp3) is 0.150. The molecule has 0 unspecified atom stereocenters.